The van der Waals surface area contributed by atoms with Gasteiger partial charge in [-0.1, -0.05) is 11.3 Å². The van der Waals surface area contributed by atoms with Crippen LogP contribution in [0.4, 0.5) is 0 Å². The van der Waals surface area contributed by atoms with Crippen LogP contribution in [0.5, 0.6) is 5.75 Å². The highest BCUT2D eigenvalue weighted by atomic mass is 32.2. The van der Waals surface area contributed by atoms with Crippen molar-refractivity contribution in [2.24, 2.45) is 0 Å². The molecule has 4 heterocycles. The second-order valence-corrected chi connectivity index (χ2v) is 11.9. The molecule has 0 spiro atoms. The minimum atomic E-state index is -0.689. The van der Waals surface area contributed by atoms with Gasteiger partial charge < -0.3 is 20.3 Å². The summed E-state index contributed by atoms with van der Waals surface area (Å²) < 4.78 is 9.48. The molecular weight excluding hydrogens is 576 g/mol. The van der Waals surface area contributed by atoms with Crippen LogP contribution < -0.4 is 15.4 Å². The summed E-state index contributed by atoms with van der Waals surface area (Å²) >= 11 is 3.07. The molecule has 1 aromatic carbocycles. The van der Waals surface area contributed by atoms with Gasteiger partial charge in [-0.2, -0.15) is 11.8 Å². The maximum absolute atomic E-state index is 13.5. The van der Waals surface area contributed by atoms with Gasteiger partial charge in [-0.3, -0.25) is 23.5 Å². The van der Waals surface area contributed by atoms with Crippen molar-refractivity contribution in [2.45, 2.75) is 45.3 Å². The number of nitrogens with zero attached hydrogens (tertiary/aromatic N) is 6. The van der Waals surface area contributed by atoms with E-state index in [-0.39, 0.29) is 24.3 Å². The molecular formula is C28H34N8O4S2. The molecule has 3 amide bonds. The van der Waals surface area contributed by atoms with Crippen molar-refractivity contribution in [3.05, 3.63) is 64.7 Å². The fourth-order valence-electron chi connectivity index (χ4n) is 4.66. The number of amides is 3. The van der Waals surface area contributed by atoms with E-state index in [0.29, 0.717) is 74.0 Å². The molecule has 0 saturated carbocycles. The van der Waals surface area contributed by atoms with Crippen LogP contribution in [0.1, 0.15) is 51.4 Å². The first-order chi connectivity index (χ1) is 20.4. The Labute approximate surface area is 251 Å². The molecule has 4 aromatic rings. The number of nitrogens with one attached hydrogen (secondary N) is 2. The van der Waals surface area contributed by atoms with E-state index in [4.69, 9.17) is 4.74 Å². The van der Waals surface area contributed by atoms with E-state index < -0.39 is 6.04 Å². The monoisotopic (exact) mass is 610 g/mol. The van der Waals surface area contributed by atoms with E-state index in [0.717, 1.165) is 10.5 Å². The number of thioether (sulfide) groups is 1. The fraction of sp³-hybridized carbons (Fsp3) is 0.429. The predicted octanol–water partition coefficient (Wildman–Crippen LogP) is 2.78. The Morgan fingerprint density at radius 3 is 2.93 bits per heavy atom. The molecule has 0 radical (unpaired) electrons. The lowest BCUT2D eigenvalue weighted by atomic mass is 10.1. The molecule has 3 aromatic heterocycles. The van der Waals surface area contributed by atoms with Gasteiger partial charge in [0, 0.05) is 49.4 Å². The summed E-state index contributed by atoms with van der Waals surface area (Å²) in [7, 11) is 0. The molecule has 12 nitrogen and oxygen atoms in total. The summed E-state index contributed by atoms with van der Waals surface area (Å²) in [6.45, 7) is 3.82. The maximum Gasteiger partial charge on any atom is 0.274 e. The molecule has 1 aliphatic heterocycles. The minimum absolute atomic E-state index is 0.219. The van der Waals surface area contributed by atoms with Crippen molar-refractivity contribution >= 4 is 45.8 Å². The Kier molecular flexibility index (Phi) is 9.74. The Hall–Kier alpha value is -3.91. The van der Waals surface area contributed by atoms with Crippen LogP contribution in [0.3, 0.4) is 0 Å². The van der Waals surface area contributed by atoms with Crippen LogP contribution in [-0.4, -0.2) is 84.7 Å². The number of hydrogen-bond donors (Lipinski definition) is 2. The van der Waals surface area contributed by atoms with Crippen LogP contribution >= 0.6 is 23.1 Å². The Morgan fingerprint density at radius 1 is 1.21 bits per heavy atom. The largest absolute Gasteiger partial charge is 0.494 e. The number of thiazole rings is 1. The Balaban J connectivity index is 1.35. The van der Waals surface area contributed by atoms with E-state index in [1.807, 2.05) is 47.5 Å². The summed E-state index contributed by atoms with van der Waals surface area (Å²) in [5.41, 5.74) is 2.27. The number of ether oxygens (including phenoxy) is 1. The van der Waals surface area contributed by atoms with Gasteiger partial charge in [0.05, 0.1) is 19.3 Å². The number of carbonyl (C=O) groups is 3. The van der Waals surface area contributed by atoms with E-state index in [1.54, 1.807) is 33.6 Å². The van der Waals surface area contributed by atoms with Crippen LogP contribution in [0, 0.1) is 6.92 Å². The number of hydrogen-bond acceptors (Lipinski definition) is 9. The molecule has 2 N–H and O–H groups in total. The van der Waals surface area contributed by atoms with Gasteiger partial charge in [-0.05, 0) is 49.5 Å². The Morgan fingerprint density at radius 2 is 2.10 bits per heavy atom. The number of rotatable bonds is 4. The number of benzene rings is 1. The van der Waals surface area contributed by atoms with Crippen molar-refractivity contribution in [3.63, 3.8) is 0 Å². The van der Waals surface area contributed by atoms with Crippen molar-refractivity contribution in [1.29, 1.82) is 0 Å². The van der Waals surface area contributed by atoms with Crippen molar-refractivity contribution in [1.82, 2.24) is 39.9 Å². The molecule has 0 aliphatic carbocycles. The van der Waals surface area contributed by atoms with E-state index in [9.17, 15) is 14.4 Å². The molecule has 5 rings (SSSR count). The number of aryl methyl sites for hydroxylation is 2. The second kappa shape index (κ2) is 13.8. The summed E-state index contributed by atoms with van der Waals surface area (Å²) in [6, 6.07) is 4.70. The second-order valence-electron chi connectivity index (χ2n) is 10.0. The highest BCUT2D eigenvalue weighted by Gasteiger charge is 2.24. The molecule has 0 saturated heterocycles. The normalized spacial score (nSPS) is 17.4. The van der Waals surface area contributed by atoms with Gasteiger partial charge in [0.2, 0.25) is 5.91 Å². The summed E-state index contributed by atoms with van der Waals surface area (Å²) in [4.78, 5) is 46.8. The van der Waals surface area contributed by atoms with E-state index >= 15 is 0 Å². The quantitative estimate of drug-likeness (QED) is 0.360. The van der Waals surface area contributed by atoms with Crippen molar-refractivity contribution < 1.29 is 19.1 Å². The van der Waals surface area contributed by atoms with Gasteiger partial charge in [0.1, 0.15) is 23.2 Å². The van der Waals surface area contributed by atoms with Gasteiger partial charge in [-0.25, -0.2) is 4.98 Å². The van der Waals surface area contributed by atoms with E-state index in [2.05, 4.69) is 25.9 Å². The van der Waals surface area contributed by atoms with E-state index in [1.165, 1.54) is 11.3 Å². The third-order valence-electron chi connectivity index (χ3n) is 6.93. The molecule has 0 fully saturated rings. The lowest BCUT2D eigenvalue weighted by Crippen LogP contribution is -2.47. The SMILES string of the molecule is CSCC[C@@H]1NC(=O)c2cc(ccc2C)OCCCn2cc(nn2)CN(C(=O)c2cn3ccsc3n2)CCCNC1=O. The highest BCUT2D eigenvalue weighted by molar-refractivity contribution is 7.98. The molecule has 4 bridgehead atoms. The number of imidazole rings is 1. The smallest absolute Gasteiger partial charge is 0.274 e. The van der Waals surface area contributed by atoms with Crippen molar-refractivity contribution in [3.8, 4) is 5.75 Å². The van der Waals surface area contributed by atoms with Gasteiger partial charge in [0.25, 0.3) is 11.8 Å². The van der Waals surface area contributed by atoms with Gasteiger partial charge >= 0.3 is 0 Å². The summed E-state index contributed by atoms with van der Waals surface area (Å²) in [6.07, 6.45) is 9.05. The summed E-state index contributed by atoms with van der Waals surface area (Å²) in [5.74, 6) is 0.500. The third kappa shape index (κ3) is 7.29. The maximum atomic E-state index is 13.5. The predicted molar refractivity (Wildman–Crippen MR) is 161 cm³/mol. The highest BCUT2D eigenvalue weighted by Crippen LogP contribution is 2.19. The minimum Gasteiger partial charge on any atom is -0.494 e. The van der Waals surface area contributed by atoms with Gasteiger partial charge in [-0.15, -0.1) is 16.4 Å². The zero-order chi connectivity index (χ0) is 29.5. The van der Waals surface area contributed by atoms with Crippen LogP contribution in [0.2, 0.25) is 0 Å². The van der Waals surface area contributed by atoms with Crippen LogP contribution in [0.15, 0.2) is 42.2 Å². The molecule has 42 heavy (non-hydrogen) atoms. The lowest BCUT2D eigenvalue weighted by molar-refractivity contribution is -0.123. The van der Waals surface area contributed by atoms with Crippen LogP contribution in [-0.2, 0) is 17.9 Å². The van der Waals surface area contributed by atoms with Crippen molar-refractivity contribution in [2.75, 3.05) is 31.7 Å². The zero-order valence-corrected chi connectivity index (χ0v) is 25.2. The van der Waals surface area contributed by atoms with Crippen LogP contribution in [0.25, 0.3) is 4.96 Å². The summed E-state index contributed by atoms with van der Waals surface area (Å²) in [5, 5.41) is 16.3. The third-order valence-corrected chi connectivity index (χ3v) is 8.34. The standard InChI is InChI=1S/C28H34N8O4S2/c1-19-5-6-21-15-22(19)25(37)30-23(7-13-41-2)26(38)29-8-3-9-34(16-20-17-36(33-32-20)10-4-12-40-21)27(39)24-18-35-11-14-42-28(35)31-24/h5-6,11,14-15,17-18,23H,3-4,7-10,12-13,16H2,1-2H3,(H,29,38)(H,30,37)/t23-/m0/s1. The number of carbonyl (C=O) groups excluding carboxylic acids is 3. The lowest BCUT2D eigenvalue weighted by Gasteiger charge is -2.22. The molecule has 222 valence electrons. The number of fused-ring (bicyclic) bond motifs is 5. The molecule has 14 heteroatoms. The van der Waals surface area contributed by atoms with Gasteiger partial charge in [0.15, 0.2) is 4.96 Å². The average Bonchev–Trinajstić information content (AvgIpc) is 3.72. The number of aromatic nitrogens is 5. The first-order valence-electron chi connectivity index (χ1n) is 13.8. The first-order valence-corrected chi connectivity index (χ1v) is 16.1. The zero-order valence-electron chi connectivity index (χ0n) is 23.6. The molecule has 1 atom stereocenters. The topological polar surface area (TPSA) is 136 Å². The molecule has 0 unspecified atom stereocenters. The first kappa shape index (κ1) is 29.6. The fourth-order valence-corrected chi connectivity index (χ4v) is 5.83. The Bertz CT molecular complexity index is 1520. The average molecular weight is 611 g/mol. The molecule has 1 aliphatic rings.